The van der Waals surface area contributed by atoms with Gasteiger partial charge in [0.05, 0.1) is 6.33 Å². The summed E-state index contributed by atoms with van der Waals surface area (Å²) in [6.45, 7) is -0.949. The molecule has 1 saturated heterocycles. The number of fused-ring (bicyclic) bond motifs is 1. The van der Waals surface area contributed by atoms with Gasteiger partial charge in [0, 0.05) is 7.05 Å². The van der Waals surface area contributed by atoms with Crippen LogP contribution in [-0.2, 0) is 34.1 Å². The Labute approximate surface area is 183 Å². The molecule has 0 amide bonds. The van der Waals surface area contributed by atoms with E-state index < -0.39 is 60.5 Å². The van der Waals surface area contributed by atoms with Crippen molar-refractivity contribution in [2.45, 2.75) is 24.5 Å². The molecule has 2 aromatic heterocycles. The van der Waals surface area contributed by atoms with Crippen LogP contribution in [0.1, 0.15) is 6.23 Å². The van der Waals surface area contributed by atoms with E-state index in [1.165, 1.54) is 7.05 Å². The van der Waals surface area contributed by atoms with Gasteiger partial charge in [-0.05, 0) is 4.31 Å². The maximum atomic E-state index is 12.2. The van der Waals surface area contributed by atoms with Crippen molar-refractivity contribution in [1.29, 1.82) is 0 Å². The lowest BCUT2D eigenvalue weighted by Gasteiger charge is -2.17. The minimum atomic E-state index is -5.67. The first-order chi connectivity index (χ1) is 15.0. The first-order valence-corrected chi connectivity index (χ1v) is 13.1. The van der Waals surface area contributed by atoms with E-state index in [0.717, 1.165) is 15.5 Å². The van der Waals surface area contributed by atoms with Crippen molar-refractivity contribution in [3.8, 4) is 0 Å². The number of rotatable bonds is 8. The molecule has 0 aliphatic carbocycles. The molecule has 3 rings (SSSR count). The first kappa shape index (κ1) is 26.2. The van der Waals surface area contributed by atoms with E-state index in [9.17, 15) is 38.8 Å². The zero-order valence-electron chi connectivity index (χ0n) is 16.3. The maximum Gasteiger partial charge on any atom is 0.580 e. The number of imidazole rings is 1. The van der Waals surface area contributed by atoms with Gasteiger partial charge in [0.15, 0.2) is 17.4 Å². The van der Waals surface area contributed by atoms with Gasteiger partial charge in [0.1, 0.15) is 24.9 Å². The van der Waals surface area contributed by atoms with Gasteiger partial charge in [-0.1, -0.05) is 0 Å². The van der Waals surface area contributed by atoms with Gasteiger partial charge in [-0.15, -0.1) is 0 Å². The third-order valence-electron chi connectivity index (χ3n) is 4.28. The van der Waals surface area contributed by atoms with Gasteiger partial charge in [-0.3, -0.25) is 18.8 Å². The summed E-state index contributed by atoms with van der Waals surface area (Å²) in [5.41, 5.74) is 4.86. The molecule has 2 unspecified atom stereocenters. The van der Waals surface area contributed by atoms with Gasteiger partial charge >= 0.3 is 23.8 Å². The molecule has 9 N–H and O–H groups in total. The van der Waals surface area contributed by atoms with Crippen LogP contribution in [0.5, 0.6) is 0 Å². The molecule has 3 heterocycles. The van der Waals surface area contributed by atoms with Crippen LogP contribution in [0.2, 0.25) is 0 Å². The van der Waals surface area contributed by atoms with E-state index in [2.05, 4.69) is 23.1 Å². The van der Waals surface area contributed by atoms with E-state index in [-0.39, 0.29) is 17.1 Å². The Morgan fingerprint density at radius 1 is 1.24 bits per heavy atom. The van der Waals surface area contributed by atoms with Gasteiger partial charge in [-0.2, -0.15) is 23.6 Å². The number of hydrogen-bond donors (Lipinski definition) is 8. The fourth-order valence-corrected chi connectivity index (χ4v) is 5.89. The van der Waals surface area contributed by atoms with Crippen LogP contribution in [0.3, 0.4) is 0 Å². The summed E-state index contributed by atoms with van der Waals surface area (Å²) in [4.78, 5) is 65.6. The number of phosphoric acid groups is 2. The summed E-state index contributed by atoms with van der Waals surface area (Å²) in [6.07, 6.45) is -5.19. The van der Waals surface area contributed by atoms with E-state index in [0.29, 0.717) is 0 Å². The van der Waals surface area contributed by atoms with Crippen LogP contribution < -0.4 is 11.3 Å². The lowest BCUT2D eigenvalue weighted by molar-refractivity contribution is -0.0522. The van der Waals surface area contributed by atoms with Crippen molar-refractivity contribution in [2.24, 2.45) is 7.05 Å². The monoisotopic (exact) mass is 538 g/mol. The maximum absolute atomic E-state index is 12.2. The molecular weight excluding hydrogens is 519 g/mol. The van der Waals surface area contributed by atoms with E-state index in [4.69, 9.17) is 20.3 Å². The fourth-order valence-electron chi connectivity index (χ4n) is 2.82. The molecule has 0 bridgehead atoms. The average molecular weight is 538 g/mol. The van der Waals surface area contributed by atoms with Crippen LogP contribution in [0, 0.1) is 0 Å². The zero-order valence-corrected chi connectivity index (χ0v) is 19.0. The molecule has 22 heteroatoms. The lowest BCUT2D eigenvalue weighted by atomic mass is 10.1. The van der Waals surface area contributed by atoms with Gasteiger partial charge in [0.2, 0.25) is 5.95 Å². The highest BCUT2D eigenvalue weighted by molar-refractivity contribution is 7.68. The minimum Gasteiger partial charge on any atom is -0.387 e. The van der Waals surface area contributed by atoms with Gasteiger partial charge in [0.25, 0.3) is 5.56 Å². The molecule has 2 aromatic rings. The Kier molecular flexibility index (Phi) is 7.14. The molecule has 1 aliphatic rings. The Morgan fingerprint density at radius 2 is 1.88 bits per heavy atom. The molecule has 5 atom stereocenters. The molecule has 186 valence electrons. The molecule has 33 heavy (non-hydrogen) atoms. The number of ether oxygens (including phenoxy) is 1. The third-order valence-corrected chi connectivity index (χ3v) is 8.11. The highest BCUT2D eigenvalue weighted by Gasteiger charge is 2.54. The molecule has 1 fully saturated rings. The second kappa shape index (κ2) is 8.99. The molecular formula is C11H19N5O14P3+. The standard InChI is InChI=1S/C11H18N5O14P3/c1-15-9(19)5-8(14-11(15)12)16(3-13-5)10-7(18)6(17)4(28-10)2-27-32(23,24)30-33(25,26)29-31(20,21)22/h3-4,6-7,10,17-18,23-24H,2H2,1H3,(H4-,12,14,19,20,21,22,25,26)/p+1/t4-,6?,7+,10-/m1/s1. The average Bonchev–Trinajstić information content (AvgIpc) is 3.17. The summed E-state index contributed by atoms with van der Waals surface area (Å²) in [6, 6.07) is 0. The molecule has 0 aromatic carbocycles. The topological polar surface area (TPSA) is 291 Å². The number of aliphatic hydroxyl groups excluding tert-OH is 2. The predicted molar refractivity (Wildman–Crippen MR) is 104 cm³/mol. The van der Waals surface area contributed by atoms with Crippen molar-refractivity contribution in [1.82, 2.24) is 19.1 Å². The lowest BCUT2D eigenvalue weighted by Crippen LogP contribution is -2.34. The molecule has 0 spiro atoms. The second-order valence-electron chi connectivity index (χ2n) is 6.61. The number of aliphatic hydroxyl groups is 2. The van der Waals surface area contributed by atoms with Crippen LogP contribution in [0.25, 0.3) is 11.2 Å². The summed E-state index contributed by atoms with van der Waals surface area (Å²) >= 11 is 0. The minimum absolute atomic E-state index is 0.0845. The van der Waals surface area contributed by atoms with Crippen molar-refractivity contribution < 1.29 is 61.7 Å². The summed E-state index contributed by atoms with van der Waals surface area (Å²) in [5, 5.41) is 20.5. The first-order valence-electron chi connectivity index (χ1n) is 8.52. The SMILES string of the molecule is Cn1c(N)nc2c(ncn2[C@@H]2O[C@H](CO[P+](O)(O)OP(=O)(O)OP(=O)(O)O)C(O)[C@@H]2O)c1=O. The summed E-state index contributed by atoms with van der Waals surface area (Å²) in [7, 11) is -15.1. The number of hydrogen-bond acceptors (Lipinski definition) is 14. The van der Waals surface area contributed by atoms with Gasteiger partial charge < -0.3 is 30.5 Å². The number of anilines is 1. The van der Waals surface area contributed by atoms with Crippen LogP contribution in [0.4, 0.5) is 5.95 Å². The molecule has 19 nitrogen and oxygen atoms in total. The van der Waals surface area contributed by atoms with Crippen LogP contribution >= 0.6 is 23.8 Å². The molecule has 1 aliphatic heterocycles. The number of aromatic nitrogens is 4. The molecule has 0 saturated carbocycles. The predicted octanol–water partition coefficient (Wildman–Crippen LogP) is -2.76. The van der Waals surface area contributed by atoms with Crippen molar-refractivity contribution in [3.63, 3.8) is 0 Å². The third kappa shape index (κ3) is 5.82. The largest absolute Gasteiger partial charge is 0.580 e. The Morgan fingerprint density at radius 3 is 2.48 bits per heavy atom. The summed E-state index contributed by atoms with van der Waals surface area (Å²) in [5.74, 6) is -0.180. The van der Waals surface area contributed by atoms with Crippen molar-refractivity contribution >= 4 is 40.9 Å². The van der Waals surface area contributed by atoms with E-state index in [1.54, 1.807) is 0 Å². The smallest absolute Gasteiger partial charge is 0.387 e. The number of nitrogens with zero attached hydrogens (tertiary/aromatic N) is 4. The zero-order chi connectivity index (χ0) is 24.9. The highest BCUT2D eigenvalue weighted by atomic mass is 31.3. The number of nitrogens with two attached hydrogens (primary N) is 1. The number of nitrogen functional groups attached to an aromatic ring is 1. The van der Waals surface area contributed by atoms with Crippen molar-refractivity contribution in [3.05, 3.63) is 16.7 Å². The van der Waals surface area contributed by atoms with Crippen LogP contribution in [0.15, 0.2) is 11.1 Å². The van der Waals surface area contributed by atoms with E-state index in [1.807, 2.05) is 0 Å². The Bertz CT molecular complexity index is 1190. The molecule has 0 radical (unpaired) electrons. The Hall–Kier alpha value is -1.40. The Balaban J connectivity index is 1.74. The van der Waals surface area contributed by atoms with Gasteiger partial charge in [-0.25, -0.2) is 14.1 Å². The van der Waals surface area contributed by atoms with E-state index >= 15 is 0 Å². The van der Waals surface area contributed by atoms with Crippen molar-refractivity contribution in [2.75, 3.05) is 12.3 Å². The normalized spacial score (nSPS) is 26.1. The second-order valence-corrected chi connectivity index (χ2v) is 11.1. The fraction of sp³-hybridized carbons (Fsp3) is 0.545. The summed E-state index contributed by atoms with van der Waals surface area (Å²) < 4.78 is 41.4. The van der Waals surface area contributed by atoms with Crippen LogP contribution in [-0.4, -0.2) is 78.7 Å². The highest BCUT2D eigenvalue weighted by Crippen LogP contribution is 2.69. The quantitative estimate of drug-likeness (QED) is 0.158.